The van der Waals surface area contributed by atoms with Gasteiger partial charge in [-0.15, -0.1) is 0 Å². The van der Waals surface area contributed by atoms with Gasteiger partial charge in [0.15, 0.2) is 0 Å². The number of carbonyl (C=O) groups is 1. The van der Waals surface area contributed by atoms with E-state index in [0.717, 1.165) is 5.56 Å². The summed E-state index contributed by atoms with van der Waals surface area (Å²) in [6.45, 7) is 0. The van der Waals surface area contributed by atoms with E-state index in [4.69, 9.17) is 17.3 Å². The Bertz CT molecular complexity index is 599. The van der Waals surface area contributed by atoms with Crippen LogP contribution in [-0.4, -0.2) is 5.91 Å². The van der Waals surface area contributed by atoms with E-state index in [-0.39, 0.29) is 18.1 Å². The smallest absolute Gasteiger partial charge is 0.228 e. The minimum Gasteiger partial charge on any atom is -0.398 e. The highest BCUT2D eigenvalue weighted by molar-refractivity contribution is 6.33. The van der Waals surface area contributed by atoms with Crippen molar-refractivity contribution < 1.29 is 9.18 Å². The van der Waals surface area contributed by atoms with Gasteiger partial charge in [0.25, 0.3) is 0 Å². The lowest BCUT2D eigenvalue weighted by Crippen LogP contribution is -2.14. The molecule has 0 spiro atoms. The number of carbonyl (C=O) groups excluding carboxylic acids is 1. The van der Waals surface area contributed by atoms with Gasteiger partial charge in [-0.3, -0.25) is 4.79 Å². The zero-order chi connectivity index (χ0) is 13.8. The second kappa shape index (κ2) is 5.71. The van der Waals surface area contributed by atoms with Crippen molar-refractivity contribution in [2.45, 2.75) is 6.42 Å². The minimum atomic E-state index is -0.325. The molecular formula is C14H12ClFN2O. The highest BCUT2D eigenvalue weighted by Crippen LogP contribution is 2.22. The lowest BCUT2D eigenvalue weighted by Gasteiger charge is -2.07. The van der Waals surface area contributed by atoms with Gasteiger partial charge >= 0.3 is 0 Å². The summed E-state index contributed by atoms with van der Waals surface area (Å²) in [5.74, 6) is -0.526. The molecule has 1 amide bonds. The minimum absolute atomic E-state index is 0.169. The maximum absolute atomic E-state index is 12.7. The summed E-state index contributed by atoms with van der Waals surface area (Å²) in [5, 5.41) is 3.09. The molecule has 0 heterocycles. The van der Waals surface area contributed by atoms with E-state index in [1.807, 2.05) is 0 Å². The Morgan fingerprint density at radius 2 is 1.89 bits per heavy atom. The number of halogens is 2. The van der Waals surface area contributed by atoms with Gasteiger partial charge in [0.05, 0.1) is 17.1 Å². The summed E-state index contributed by atoms with van der Waals surface area (Å²) >= 11 is 5.86. The second-order valence-electron chi connectivity index (χ2n) is 4.09. The number of nitrogens with two attached hydrogens (primary N) is 1. The number of amides is 1. The molecule has 0 aliphatic rings. The van der Waals surface area contributed by atoms with E-state index in [1.54, 1.807) is 30.3 Å². The van der Waals surface area contributed by atoms with Crippen molar-refractivity contribution >= 4 is 28.9 Å². The first-order valence-electron chi connectivity index (χ1n) is 5.64. The van der Waals surface area contributed by atoms with Crippen LogP contribution >= 0.6 is 11.6 Å². The maximum Gasteiger partial charge on any atom is 0.228 e. The van der Waals surface area contributed by atoms with Crippen LogP contribution in [0.2, 0.25) is 5.02 Å². The average molecular weight is 279 g/mol. The lowest BCUT2D eigenvalue weighted by molar-refractivity contribution is -0.115. The number of hydrogen-bond donors (Lipinski definition) is 2. The monoisotopic (exact) mass is 278 g/mol. The van der Waals surface area contributed by atoms with Crippen LogP contribution in [0.3, 0.4) is 0 Å². The first-order chi connectivity index (χ1) is 9.04. The molecule has 0 saturated carbocycles. The van der Waals surface area contributed by atoms with E-state index in [2.05, 4.69) is 5.32 Å². The van der Waals surface area contributed by atoms with Gasteiger partial charge in [0.2, 0.25) is 5.91 Å². The zero-order valence-electron chi connectivity index (χ0n) is 9.99. The third-order valence-corrected chi connectivity index (χ3v) is 2.89. The highest BCUT2D eigenvalue weighted by Gasteiger charge is 2.05. The molecule has 0 bridgehead atoms. The molecule has 0 aromatic heterocycles. The second-order valence-corrected chi connectivity index (χ2v) is 4.49. The summed E-state index contributed by atoms with van der Waals surface area (Å²) in [5.41, 5.74) is 7.35. The zero-order valence-corrected chi connectivity index (χ0v) is 10.7. The maximum atomic E-state index is 12.7. The molecule has 0 aliphatic carbocycles. The number of rotatable bonds is 3. The molecule has 0 atom stereocenters. The Morgan fingerprint density at radius 3 is 2.53 bits per heavy atom. The summed E-state index contributed by atoms with van der Waals surface area (Å²) in [4.78, 5) is 11.8. The molecule has 19 heavy (non-hydrogen) atoms. The molecule has 3 nitrogen and oxygen atoms in total. The molecule has 2 aromatic carbocycles. The molecule has 0 saturated heterocycles. The summed E-state index contributed by atoms with van der Waals surface area (Å²) in [6.07, 6.45) is 0.169. The van der Waals surface area contributed by atoms with Crippen molar-refractivity contribution in [2.24, 2.45) is 0 Å². The standard InChI is InChI=1S/C14H12ClFN2O/c15-12-8-11(5-6-13(12)17)18-14(19)7-9-1-3-10(16)4-2-9/h1-6,8H,7,17H2,(H,18,19). The van der Waals surface area contributed by atoms with Crippen LogP contribution in [0.5, 0.6) is 0 Å². The Morgan fingerprint density at radius 1 is 1.21 bits per heavy atom. The van der Waals surface area contributed by atoms with Crippen LogP contribution in [0.25, 0.3) is 0 Å². The van der Waals surface area contributed by atoms with E-state index < -0.39 is 0 Å². The highest BCUT2D eigenvalue weighted by atomic mass is 35.5. The summed E-state index contributed by atoms with van der Waals surface area (Å²) in [7, 11) is 0. The SMILES string of the molecule is Nc1ccc(NC(=O)Cc2ccc(F)cc2)cc1Cl. The van der Waals surface area contributed by atoms with Crippen LogP contribution in [-0.2, 0) is 11.2 Å². The Hall–Kier alpha value is -2.07. The van der Waals surface area contributed by atoms with Gasteiger partial charge in [-0.2, -0.15) is 0 Å². The molecule has 98 valence electrons. The number of anilines is 2. The van der Waals surface area contributed by atoms with Gasteiger partial charge in [-0.05, 0) is 35.9 Å². The lowest BCUT2D eigenvalue weighted by atomic mass is 10.1. The molecule has 3 N–H and O–H groups in total. The number of hydrogen-bond acceptors (Lipinski definition) is 2. The first kappa shape index (κ1) is 13.4. The molecule has 2 aromatic rings. The molecular weight excluding hydrogens is 267 g/mol. The van der Waals surface area contributed by atoms with Crippen LogP contribution in [0, 0.1) is 5.82 Å². The van der Waals surface area contributed by atoms with Gasteiger partial charge in [-0.25, -0.2) is 4.39 Å². The molecule has 0 radical (unpaired) electrons. The van der Waals surface area contributed by atoms with Gasteiger partial charge in [0, 0.05) is 5.69 Å². The van der Waals surface area contributed by atoms with Crippen LogP contribution in [0.4, 0.5) is 15.8 Å². The van der Waals surface area contributed by atoms with Crippen molar-refractivity contribution in [1.82, 2.24) is 0 Å². The molecule has 2 rings (SSSR count). The number of nitrogen functional groups attached to an aromatic ring is 1. The number of nitrogens with one attached hydrogen (secondary N) is 1. The predicted octanol–water partition coefficient (Wildman–Crippen LogP) is 3.24. The van der Waals surface area contributed by atoms with Gasteiger partial charge in [-0.1, -0.05) is 23.7 Å². The Kier molecular flexibility index (Phi) is 4.02. The van der Waals surface area contributed by atoms with Crippen LogP contribution in [0.15, 0.2) is 42.5 Å². The van der Waals surface area contributed by atoms with Crippen molar-refractivity contribution in [2.75, 3.05) is 11.1 Å². The van der Waals surface area contributed by atoms with Crippen molar-refractivity contribution in [3.63, 3.8) is 0 Å². The molecule has 5 heteroatoms. The van der Waals surface area contributed by atoms with Crippen molar-refractivity contribution in [3.8, 4) is 0 Å². The van der Waals surface area contributed by atoms with E-state index >= 15 is 0 Å². The van der Waals surface area contributed by atoms with E-state index in [0.29, 0.717) is 16.4 Å². The third-order valence-electron chi connectivity index (χ3n) is 2.56. The Balaban J connectivity index is 2.01. The predicted molar refractivity (Wildman–Crippen MR) is 74.6 cm³/mol. The molecule has 0 fully saturated rings. The van der Waals surface area contributed by atoms with Crippen molar-refractivity contribution in [3.05, 3.63) is 58.9 Å². The average Bonchev–Trinajstić information content (AvgIpc) is 2.37. The molecule has 0 unspecified atom stereocenters. The van der Waals surface area contributed by atoms with Crippen molar-refractivity contribution in [1.29, 1.82) is 0 Å². The normalized spacial score (nSPS) is 10.2. The molecule has 0 aliphatic heterocycles. The Labute approximate surface area is 115 Å². The fourth-order valence-corrected chi connectivity index (χ4v) is 1.78. The summed E-state index contributed by atoms with van der Waals surface area (Å²) < 4.78 is 12.7. The van der Waals surface area contributed by atoms with Crippen LogP contribution in [0.1, 0.15) is 5.56 Å². The quantitative estimate of drug-likeness (QED) is 0.847. The van der Waals surface area contributed by atoms with E-state index in [9.17, 15) is 9.18 Å². The number of benzene rings is 2. The van der Waals surface area contributed by atoms with Gasteiger partial charge in [0.1, 0.15) is 5.82 Å². The topological polar surface area (TPSA) is 55.1 Å². The fourth-order valence-electron chi connectivity index (χ4n) is 1.60. The first-order valence-corrected chi connectivity index (χ1v) is 6.02. The third kappa shape index (κ3) is 3.69. The van der Waals surface area contributed by atoms with E-state index in [1.165, 1.54) is 12.1 Å². The van der Waals surface area contributed by atoms with Crippen LogP contribution < -0.4 is 11.1 Å². The summed E-state index contributed by atoms with van der Waals surface area (Å²) in [6, 6.07) is 10.7. The van der Waals surface area contributed by atoms with Gasteiger partial charge < -0.3 is 11.1 Å². The fraction of sp³-hybridized carbons (Fsp3) is 0.0714. The largest absolute Gasteiger partial charge is 0.398 e.